The van der Waals surface area contributed by atoms with Crippen LogP contribution in [0.3, 0.4) is 0 Å². The van der Waals surface area contributed by atoms with Gasteiger partial charge in [-0.3, -0.25) is 9.63 Å². The third-order valence-corrected chi connectivity index (χ3v) is 1.12. The summed E-state index contributed by atoms with van der Waals surface area (Å²) in [4.78, 5) is 17.5. The van der Waals surface area contributed by atoms with Crippen LogP contribution in [-0.2, 0) is 9.63 Å². The molecule has 0 saturated carbocycles. The lowest BCUT2D eigenvalue weighted by molar-refractivity contribution is -0.133. The zero-order chi connectivity index (χ0) is 8.69. The molecule has 0 aliphatic rings. The summed E-state index contributed by atoms with van der Waals surface area (Å²) in [5.41, 5.74) is 2.32. The normalized spacial score (nSPS) is 10.2. The van der Waals surface area contributed by atoms with E-state index in [1.54, 1.807) is 0 Å². The maximum absolute atomic E-state index is 10.8. The number of amides is 1. The van der Waals surface area contributed by atoms with Crippen LogP contribution >= 0.6 is 0 Å². The highest BCUT2D eigenvalue weighted by Gasteiger charge is 1.99. The van der Waals surface area contributed by atoms with Crippen molar-refractivity contribution in [2.45, 2.75) is 13.3 Å². The van der Waals surface area contributed by atoms with Gasteiger partial charge in [-0.2, -0.15) is 0 Å². The number of nitrogens with one attached hydrogen (secondary N) is 1. The minimum Gasteiger partial charge on any atom is -0.309 e. The van der Waals surface area contributed by atoms with Crippen LogP contribution in [0.5, 0.6) is 0 Å². The molecular formula is C7H16N2O2. The van der Waals surface area contributed by atoms with E-state index >= 15 is 0 Å². The SMILES string of the molecule is CCONC(=O)CCN(C)C. The van der Waals surface area contributed by atoms with Gasteiger partial charge in [-0.25, -0.2) is 5.48 Å². The molecule has 66 valence electrons. The summed E-state index contributed by atoms with van der Waals surface area (Å²) in [6.07, 6.45) is 0.479. The van der Waals surface area contributed by atoms with E-state index in [4.69, 9.17) is 4.84 Å². The van der Waals surface area contributed by atoms with Gasteiger partial charge in [0.1, 0.15) is 0 Å². The first-order chi connectivity index (χ1) is 5.16. The number of nitrogens with zero attached hydrogens (tertiary/aromatic N) is 1. The minimum absolute atomic E-state index is 0.0689. The maximum atomic E-state index is 10.8. The van der Waals surface area contributed by atoms with Crippen molar-refractivity contribution in [1.29, 1.82) is 0 Å². The first-order valence-electron chi connectivity index (χ1n) is 3.72. The third-order valence-electron chi connectivity index (χ3n) is 1.12. The number of carbonyl (C=O) groups excluding carboxylic acids is 1. The summed E-state index contributed by atoms with van der Waals surface area (Å²) >= 11 is 0. The highest BCUT2D eigenvalue weighted by atomic mass is 16.6. The zero-order valence-corrected chi connectivity index (χ0v) is 7.39. The lowest BCUT2D eigenvalue weighted by Gasteiger charge is -2.08. The molecule has 0 radical (unpaired) electrons. The fraction of sp³-hybridized carbons (Fsp3) is 0.857. The Labute approximate surface area is 67.5 Å². The Morgan fingerprint density at radius 3 is 2.64 bits per heavy atom. The minimum atomic E-state index is -0.0689. The molecule has 0 atom stereocenters. The van der Waals surface area contributed by atoms with Crippen LogP contribution < -0.4 is 5.48 Å². The van der Waals surface area contributed by atoms with Crippen molar-refractivity contribution >= 4 is 5.91 Å². The van der Waals surface area contributed by atoms with Crippen LogP contribution in [0.1, 0.15) is 13.3 Å². The highest BCUT2D eigenvalue weighted by Crippen LogP contribution is 1.82. The molecule has 0 aromatic carbocycles. The van der Waals surface area contributed by atoms with Gasteiger partial charge in [-0.15, -0.1) is 0 Å². The molecule has 4 heteroatoms. The summed E-state index contributed by atoms with van der Waals surface area (Å²) in [7, 11) is 3.85. The van der Waals surface area contributed by atoms with Crippen molar-refractivity contribution in [3.05, 3.63) is 0 Å². The molecular weight excluding hydrogens is 144 g/mol. The van der Waals surface area contributed by atoms with E-state index in [2.05, 4.69) is 5.48 Å². The lowest BCUT2D eigenvalue weighted by Crippen LogP contribution is -2.27. The molecule has 1 amide bonds. The summed E-state index contributed by atoms with van der Waals surface area (Å²) in [5, 5.41) is 0. The Hall–Kier alpha value is -0.610. The Kier molecular flexibility index (Phi) is 5.78. The molecule has 0 saturated heterocycles. The van der Waals surface area contributed by atoms with Gasteiger partial charge in [0.2, 0.25) is 5.91 Å². The second-order valence-electron chi connectivity index (χ2n) is 2.51. The van der Waals surface area contributed by atoms with E-state index in [1.165, 1.54) is 0 Å². The van der Waals surface area contributed by atoms with Gasteiger partial charge in [-0.05, 0) is 21.0 Å². The standard InChI is InChI=1S/C7H16N2O2/c1-4-11-8-7(10)5-6-9(2)3/h4-6H2,1-3H3,(H,8,10). The van der Waals surface area contributed by atoms with Crippen LogP contribution in [0.15, 0.2) is 0 Å². The Morgan fingerprint density at radius 2 is 2.18 bits per heavy atom. The van der Waals surface area contributed by atoms with Crippen LogP contribution in [-0.4, -0.2) is 38.1 Å². The fourth-order valence-electron chi connectivity index (χ4n) is 0.529. The number of hydroxylamine groups is 1. The van der Waals surface area contributed by atoms with Crippen molar-refractivity contribution in [3.63, 3.8) is 0 Å². The van der Waals surface area contributed by atoms with Crippen molar-refractivity contribution in [3.8, 4) is 0 Å². The first-order valence-corrected chi connectivity index (χ1v) is 3.72. The molecule has 0 rings (SSSR count). The largest absolute Gasteiger partial charge is 0.309 e. The summed E-state index contributed by atoms with van der Waals surface area (Å²) in [5.74, 6) is -0.0689. The molecule has 0 bridgehead atoms. The maximum Gasteiger partial charge on any atom is 0.244 e. The van der Waals surface area contributed by atoms with Gasteiger partial charge in [0, 0.05) is 13.0 Å². The van der Waals surface area contributed by atoms with E-state index < -0.39 is 0 Å². The van der Waals surface area contributed by atoms with Gasteiger partial charge in [0.25, 0.3) is 0 Å². The summed E-state index contributed by atoms with van der Waals surface area (Å²) in [6.45, 7) is 3.08. The van der Waals surface area contributed by atoms with Crippen LogP contribution in [0.25, 0.3) is 0 Å². The zero-order valence-electron chi connectivity index (χ0n) is 7.39. The molecule has 0 aromatic rings. The van der Waals surface area contributed by atoms with Gasteiger partial charge in [-0.1, -0.05) is 0 Å². The van der Waals surface area contributed by atoms with E-state index in [9.17, 15) is 4.79 Å². The van der Waals surface area contributed by atoms with Gasteiger partial charge in [0.15, 0.2) is 0 Å². The second-order valence-corrected chi connectivity index (χ2v) is 2.51. The van der Waals surface area contributed by atoms with Crippen LogP contribution in [0.4, 0.5) is 0 Å². The molecule has 11 heavy (non-hydrogen) atoms. The number of hydrogen-bond acceptors (Lipinski definition) is 3. The van der Waals surface area contributed by atoms with Gasteiger partial charge in [0.05, 0.1) is 6.61 Å². The van der Waals surface area contributed by atoms with Crippen molar-refractivity contribution in [2.75, 3.05) is 27.2 Å². The third kappa shape index (κ3) is 7.29. The smallest absolute Gasteiger partial charge is 0.244 e. The van der Waals surface area contributed by atoms with Crippen LogP contribution in [0, 0.1) is 0 Å². The fourth-order valence-corrected chi connectivity index (χ4v) is 0.529. The molecule has 0 aliphatic heterocycles. The van der Waals surface area contributed by atoms with Crippen molar-refractivity contribution in [2.24, 2.45) is 0 Å². The molecule has 0 fully saturated rings. The number of hydrogen-bond donors (Lipinski definition) is 1. The van der Waals surface area contributed by atoms with Gasteiger partial charge >= 0.3 is 0 Å². The Balaban J connectivity index is 3.23. The monoisotopic (exact) mass is 160 g/mol. The lowest BCUT2D eigenvalue weighted by atomic mass is 10.4. The molecule has 0 unspecified atom stereocenters. The summed E-state index contributed by atoms with van der Waals surface area (Å²) in [6, 6.07) is 0. The predicted octanol–water partition coefficient (Wildman–Crippen LogP) is 0.00580. The molecule has 4 nitrogen and oxygen atoms in total. The molecule has 0 spiro atoms. The highest BCUT2D eigenvalue weighted by molar-refractivity contribution is 5.74. The molecule has 1 N–H and O–H groups in total. The van der Waals surface area contributed by atoms with Crippen molar-refractivity contribution in [1.82, 2.24) is 10.4 Å². The average Bonchev–Trinajstić information content (AvgIpc) is 1.97. The van der Waals surface area contributed by atoms with E-state index in [0.29, 0.717) is 13.0 Å². The average molecular weight is 160 g/mol. The summed E-state index contributed by atoms with van der Waals surface area (Å²) < 4.78 is 0. The van der Waals surface area contributed by atoms with Crippen molar-refractivity contribution < 1.29 is 9.63 Å². The van der Waals surface area contributed by atoms with E-state index in [1.807, 2.05) is 25.9 Å². The Morgan fingerprint density at radius 1 is 1.55 bits per heavy atom. The molecule has 0 heterocycles. The van der Waals surface area contributed by atoms with E-state index in [-0.39, 0.29) is 5.91 Å². The van der Waals surface area contributed by atoms with E-state index in [0.717, 1.165) is 6.54 Å². The topological polar surface area (TPSA) is 41.6 Å². The predicted molar refractivity (Wildman–Crippen MR) is 42.9 cm³/mol. The first kappa shape index (κ1) is 10.4. The van der Waals surface area contributed by atoms with Crippen LogP contribution in [0.2, 0.25) is 0 Å². The Bertz CT molecular complexity index is 115. The quantitative estimate of drug-likeness (QED) is 0.576. The molecule has 0 aromatic heterocycles. The van der Waals surface area contributed by atoms with Gasteiger partial charge < -0.3 is 4.90 Å². The number of carbonyl (C=O) groups is 1. The number of rotatable bonds is 5. The molecule has 0 aliphatic carbocycles. The second kappa shape index (κ2) is 6.12.